The number of fused-ring (bicyclic) bond motifs is 3. The lowest BCUT2D eigenvalue weighted by Gasteiger charge is -2.15. The molecule has 4 aromatic heterocycles. The Morgan fingerprint density at radius 1 is 0.533 bits per heavy atom. The molecule has 0 spiro atoms. The molecule has 4 heteroatoms. The number of hydrogen-bond donors (Lipinski definition) is 0. The highest BCUT2D eigenvalue weighted by Crippen LogP contribution is 2.42. The highest BCUT2D eigenvalue weighted by atomic mass is 32.1. The third kappa shape index (κ3) is 2.23. The van der Waals surface area contributed by atoms with Gasteiger partial charge in [-0.05, 0) is 45.8 Å². The predicted octanol–water partition coefficient (Wildman–Crippen LogP) is 7.98. The van der Waals surface area contributed by atoms with Crippen LogP contribution in [0.3, 0.4) is 0 Å². The molecule has 0 saturated carbocycles. The second-order valence-corrected chi connectivity index (χ2v) is 9.37. The van der Waals surface area contributed by atoms with E-state index in [-0.39, 0.29) is 0 Å². The molecule has 0 fully saturated rings. The summed E-state index contributed by atoms with van der Waals surface area (Å²) in [5, 5.41) is 11.4. The molecule has 0 saturated heterocycles. The third-order valence-electron chi connectivity index (χ3n) is 5.78. The number of thiophene rings is 2. The lowest BCUT2D eigenvalue weighted by Crippen LogP contribution is -1.94. The molecule has 140 valence electrons. The maximum atomic E-state index is 5.15. The first-order valence-electron chi connectivity index (χ1n) is 9.83. The highest BCUT2D eigenvalue weighted by Gasteiger charge is 2.18. The molecule has 30 heavy (non-hydrogen) atoms. The minimum Gasteiger partial charge on any atom is -0.246 e. The first-order chi connectivity index (χ1) is 14.9. The van der Waals surface area contributed by atoms with Crippen LogP contribution in [0.25, 0.3) is 64.5 Å². The van der Waals surface area contributed by atoms with Gasteiger partial charge in [-0.25, -0.2) is 9.97 Å². The van der Waals surface area contributed by atoms with Crippen molar-refractivity contribution < 1.29 is 0 Å². The standard InChI is InChI=1S/C26H14N2S2/c1-2-6-18-17(5-1)25-23-15(13-19(27-25)21-7-3-11-29-21)9-10-16-14-20(22-8-4-12-30-22)28-26(18)24(16)23/h1-14H. The average Bonchev–Trinajstić information content (AvgIpc) is 3.52. The second kappa shape index (κ2) is 6.08. The number of aromatic nitrogens is 2. The maximum Gasteiger partial charge on any atom is 0.0815 e. The Morgan fingerprint density at radius 3 is 1.47 bits per heavy atom. The molecule has 2 nitrogen and oxygen atoms in total. The zero-order chi connectivity index (χ0) is 19.7. The van der Waals surface area contributed by atoms with E-state index in [2.05, 4.69) is 83.6 Å². The molecule has 7 rings (SSSR count). The van der Waals surface area contributed by atoms with Gasteiger partial charge in [0.1, 0.15) is 0 Å². The molecule has 4 heterocycles. The van der Waals surface area contributed by atoms with Gasteiger partial charge >= 0.3 is 0 Å². The summed E-state index contributed by atoms with van der Waals surface area (Å²) in [6.07, 6.45) is 0. The van der Waals surface area contributed by atoms with Gasteiger partial charge in [0, 0.05) is 21.5 Å². The van der Waals surface area contributed by atoms with Crippen molar-refractivity contribution in [3.63, 3.8) is 0 Å². The SMILES string of the molecule is c1csc(-c2cc3ccc4cc(-c5cccs5)nc5c6ccccc6c(n2)c3c45)c1. The van der Waals surface area contributed by atoms with E-state index in [1.165, 1.54) is 31.3 Å². The highest BCUT2D eigenvalue weighted by molar-refractivity contribution is 7.13. The quantitative estimate of drug-likeness (QED) is 0.210. The van der Waals surface area contributed by atoms with Crippen molar-refractivity contribution >= 4 is 66.0 Å². The minimum absolute atomic E-state index is 1.04. The van der Waals surface area contributed by atoms with Crippen LogP contribution in [0.2, 0.25) is 0 Å². The van der Waals surface area contributed by atoms with Crippen molar-refractivity contribution in [2.45, 2.75) is 0 Å². The smallest absolute Gasteiger partial charge is 0.0815 e. The van der Waals surface area contributed by atoms with Gasteiger partial charge in [0.05, 0.1) is 32.2 Å². The Kier molecular flexibility index (Phi) is 3.34. The fraction of sp³-hybridized carbons (Fsp3) is 0. The molecule has 0 N–H and O–H groups in total. The molecule has 0 unspecified atom stereocenters. The number of hydrogen-bond acceptors (Lipinski definition) is 4. The summed E-state index contributed by atoms with van der Waals surface area (Å²) in [7, 11) is 0. The lowest BCUT2D eigenvalue weighted by atomic mass is 9.93. The summed E-state index contributed by atoms with van der Waals surface area (Å²) in [5.41, 5.74) is 4.20. The first-order valence-corrected chi connectivity index (χ1v) is 11.6. The van der Waals surface area contributed by atoms with Crippen LogP contribution in [0.5, 0.6) is 0 Å². The number of benzene rings is 3. The van der Waals surface area contributed by atoms with Gasteiger partial charge in [-0.2, -0.15) is 0 Å². The van der Waals surface area contributed by atoms with Crippen LogP contribution in [-0.2, 0) is 0 Å². The summed E-state index contributed by atoms with van der Waals surface area (Å²) in [5.74, 6) is 0. The molecular weight excluding hydrogens is 404 g/mol. The van der Waals surface area contributed by atoms with Crippen LogP contribution in [0.4, 0.5) is 0 Å². The summed E-state index contributed by atoms with van der Waals surface area (Å²) >= 11 is 3.46. The summed E-state index contributed by atoms with van der Waals surface area (Å²) < 4.78 is 0. The van der Waals surface area contributed by atoms with E-state index in [4.69, 9.17) is 9.97 Å². The average molecular weight is 419 g/mol. The van der Waals surface area contributed by atoms with Gasteiger partial charge in [-0.15, -0.1) is 22.7 Å². The normalized spacial score (nSPS) is 12.0. The van der Waals surface area contributed by atoms with Gasteiger partial charge in [0.15, 0.2) is 0 Å². The van der Waals surface area contributed by atoms with E-state index < -0.39 is 0 Å². The van der Waals surface area contributed by atoms with E-state index in [0.717, 1.165) is 33.2 Å². The number of nitrogens with zero attached hydrogens (tertiary/aromatic N) is 2. The van der Waals surface area contributed by atoms with Crippen LogP contribution in [0.15, 0.2) is 83.6 Å². The van der Waals surface area contributed by atoms with Gasteiger partial charge in [-0.3, -0.25) is 0 Å². The van der Waals surface area contributed by atoms with Crippen LogP contribution in [-0.4, -0.2) is 9.97 Å². The van der Waals surface area contributed by atoms with Crippen molar-refractivity contribution in [2.75, 3.05) is 0 Å². The summed E-state index contributed by atoms with van der Waals surface area (Å²) in [6.45, 7) is 0. The van der Waals surface area contributed by atoms with E-state index in [9.17, 15) is 0 Å². The molecule has 3 aromatic carbocycles. The molecule has 7 aromatic rings. The van der Waals surface area contributed by atoms with Crippen molar-refractivity contribution in [1.82, 2.24) is 9.97 Å². The van der Waals surface area contributed by atoms with Crippen LogP contribution in [0.1, 0.15) is 0 Å². The third-order valence-corrected chi connectivity index (χ3v) is 7.56. The Labute approximate surface area is 180 Å². The zero-order valence-electron chi connectivity index (χ0n) is 15.8. The van der Waals surface area contributed by atoms with E-state index >= 15 is 0 Å². The second-order valence-electron chi connectivity index (χ2n) is 7.47. The van der Waals surface area contributed by atoms with Crippen molar-refractivity contribution in [3.8, 4) is 21.1 Å². The number of rotatable bonds is 2. The molecule has 0 aliphatic heterocycles. The molecule has 0 aliphatic rings. The Bertz CT molecular complexity index is 1550. The fourth-order valence-electron chi connectivity index (χ4n) is 4.48. The molecular formula is C26H14N2S2. The first kappa shape index (κ1) is 16.5. The molecule has 0 radical (unpaired) electrons. The van der Waals surface area contributed by atoms with Gasteiger partial charge in [0.2, 0.25) is 0 Å². The molecule has 0 aliphatic carbocycles. The van der Waals surface area contributed by atoms with Gasteiger partial charge in [0.25, 0.3) is 0 Å². The van der Waals surface area contributed by atoms with Crippen molar-refractivity contribution in [3.05, 3.63) is 83.6 Å². The Hall–Kier alpha value is -3.34. The van der Waals surface area contributed by atoms with Crippen LogP contribution >= 0.6 is 22.7 Å². The van der Waals surface area contributed by atoms with Crippen molar-refractivity contribution in [1.29, 1.82) is 0 Å². The maximum absolute atomic E-state index is 5.15. The molecule has 0 amide bonds. The summed E-state index contributed by atoms with van der Waals surface area (Å²) in [4.78, 5) is 12.7. The monoisotopic (exact) mass is 418 g/mol. The van der Waals surface area contributed by atoms with Gasteiger partial charge in [-0.1, -0.05) is 48.5 Å². The zero-order valence-corrected chi connectivity index (χ0v) is 17.4. The van der Waals surface area contributed by atoms with E-state index in [1.54, 1.807) is 22.7 Å². The topological polar surface area (TPSA) is 25.8 Å². The van der Waals surface area contributed by atoms with E-state index in [1.807, 2.05) is 0 Å². The fourth-order valence-corrected chi connectivity index (χ4v) is 5.86. The Morgan fingerprint density at radius 2 is 1.03 bits per heavy atom. The molecule has 0 atom stereocenters. The van der Waals surface area contributed by atoms with Gasteiger partial charge < -0.3 is 0 Å². The molecule has 0 bridgehead atoms. The minimum atomic E-state index is 1.04. The van der Waals surface area contributed by atoms with Crippen LogP contribution in [0, 0.1) is 0 Å². The predicted molar refractivity (Wildman–Crippen MR) is 130 cm³/mol. The van der Waals surface area contributed by atoms with Crippen molar-refractivity contribution in [2.24, 2.45) is 0 Å². The lowest BCUT2D eigenvalue weighted by molar-refractivity contribution is 1.43. The summed E-state index contributed by atoms with van der Waals surface area (Å²) in [6, 6.07) is 25.9. The Balaban J connectivity index is 1.71. The van der Waals surface area contributed by atoms with Crippen LogP contribution < -0.4 is 0 Å². The van der Waals surface area contributed by atoms with E-state index in [0.29, 0.717) is 0 Å². The largest absolute Gasteiger partial charge is 0.246 e. The number of pyridine rings is 2.